The molecule has 6 heteroatoms. The van der Waals surface area contributed by atoms with Gasteiger partial charge in [0.1, 0.15) is 0 Å². The van der Waals surface area contributed by atoms with Gasteiger partial charge in [-0.05, 0) is 38.1 Å². The van der Waals surface area contributed by atoms with Gasteiger partial charge in [0, 0.05) is 18.6 Å². The van der Waals surface area contributed by atoms with Crippen LogP contribution in [0.25, 0.3) is 0 Å². The molecule has 1 amide bonds. The summed E-state index contributed by atoms with van der Waals surface area (Å²) in [4.78, 5) is 14.5. The van der Waals surface area contributed by atoms with Gasteiger partial charge in [-0.25, -0.2) is 0 Å². The summed E-state index contributed by atoms with van der Waals surface area (Å²) in [6.07, 6.45) is 4.79. The van der Waals surface area contributed by atoms with Crippen molar-refractivity contribution in [3.05, 3.63) is 0 Å². The number of rotatable bonds is 3. The van der Waals surface area contributed by atoms with E-state index in [0.29, 0.717) is 12.1 Å². The van der Waals surface area contributed by atoms with Crippen LogP contribution in [-0.4, -0.2) is 42.0 Å². The van der Waals surface area contributed by atoms with Crippen molar-refractivity contribution < 1.29 is 4.79 Å². The summed E-state index contributed by atoms with van der Waals surface area (Å²) in [6, 6.07) is 0.674. The van der Waals surface area contributed by atoms with Crippen LogP contribution in [0.1, 0.15) is 39.5 Å². The molecule has 2 unspecified atom stereocenters. The molecule has 2 fully saturated rings. The number of carbonyl (C=O) groups excluding carboxylic acids is 1. The maximum Gasteiger partial charge on any atom is 0.237 e. The first-order chi connectivity index (χ1) is 8.08. The summed E-state index contributed by atoms with van der Waals surface area (Å²) in [7, 11) is 0. The Labute approximate surface area is 128 Å². The molecule has 114 valence electrons. The molecule has 0 radical (unpaired) electrons. The summed E-state index contributed by atoms with van der Waals surface area (Å²) < 4.78 is 0. The standard InChI is InChI=1S/C13H25N3O.2ClH/c1-9(2)12(14)13(17)15-10-5-7-16-6-3-4-11(16)8-10;;/h9-12H,3-8,14H2,1-2H3,(H,15,17);2*1H/t10?,11?,12-;;/m0../s1. The highest BCUT2D eigenvalue weighted by Gasteiger charge is 2.32. The van der Waals surface area contributed by atoms with E-state index in [-0.39, 0.29) is 42.7 Å². The molecule has 19 heavy (non-hydrogen) atoms. The monoisotopic (exact) mass is 311 g/mol. The predicted molar refractivity (Wildman–Crippen MR) is 83.1 cm³/mol. The molecule has 0 aromatic rings. The summed E-state index contributed by atoms with van der Waals surface area (Å²) in [6.45, 7) is 6.36. The average Bonchev–Trinajstić information content (AvgIpc) is 2.74. The number of fused-ring (bicyclic) bond motifs is 1. The number of piperidine rings is 1. The van der Waals surface area contributed by atoms with Gasteiger partial charge in [-0.3, -0.25) is 4.79 Å². The van der Waals surface area contributed by atoms with Gasteiger partial charge in [0.15, 0.2) is 0 Å². The largest absolute Gasteiger partial charge is 0.352 e. The molecule has 0 aromatic heterocycles. The van der Waals surface area contributed by atoms with Crippen LogP contribution >= 0.6 is 24.8 Å². The first-order valence-electron chi connectivity index (χ1n) is 6.88. The van der Waals surface area contributed by atoms with Crippen molar-refractivity contribution in [3.8, 4) is 0 Å². The topological polar surface area (TPSA) is 58.4 Å². The lowest BCUT2D eigenvalue weighted by atomic mass is 9.96. The van der Waals surface area contributed by atoms with Crippen molar-refractivity contribution in [2.75, 3.05) is 13.1 Å². The van der Waals surface area contributed by atoms with Crippen LogP contribution in [0.4, 0.5) is 0 Å². The number of amides is 1. The Morgan fingerprint density at radius 2 is 1.95 bits per heavy atom. The fourth-order valence-electron chi connectivity index (χ4n) is 2.96. The lowest BCUT2D eigenvalue weighted by molar-refractivity contribution is -0.124. The zero-order chi connectivity index (χ0) is 12.4. The molecule has 0 spiro atoms. The van der Waals surface area contributed by atoms with Crippen LogP contribution in [0, 0.1) is 5.92 Å². The van der Waals surface area contributed by atoms with Gasteiger partial charge in [0.05, 0.1) is 6.04 Å². The molecule has 2 aliphatic heterocycles. The van der Waals surface area contributed by atoms with E-state index in [1.54, 1.807) is 0 Å². The van der Waals surface area contributed by atoms with Gasteiger partial charge in [0.25, 0.3) is 0 Å². The third-order valence-electron chi connectivity index (χ3n) is 4.19. The van der Waals surface area contributed by atoms with Crippen molar-refractivity contribution in [3.63, 3.8) is 0 Å². The fraction of sp³-hybridized carbons (Fsp3) is 0.923. The Balaban J connectivity index is 0.00000162. The van der Waals surface area contributed by atoms with Crippen molar-refractivity contribution in [1.82, 2.24) is 10.2 Å². The first-order valence-corrected chi connectivity index (χ1v) is 6.88. The minimum atomic E-state index is -0.364. The van der Waals surface area contributed by atoms with Crippen LogP contribution in [0.3, 0.4) is 0 Å². The quantitative estimate of drug-likeness (QED) is 0.831. The number of hydrogen-bond donors (Lipinski definition) is 2. The van der Waals surface area contributed by atoms with Gasteiger partial charge in [0.2, 0.25) is 5.91 Å². The van der Waals surface area contributed by atoms with Gasteiger partial charge in [-0.1, -0.05) is 13.8 Å². The van der Waals surface area contributed by atoms with Gasteiger partial charge >= 0.3 is 0 Å². The maximum atomic E-state index is 11.9. The molecular formula is C13H27Cl2N3O. The van der Waals surface area contributed by atoms with Crippen molar-refractivity contribution in [1.29, 1.82) is 0 Å². The average molecular weight is 312 g/mol. The van der Waals surface area contributed by atoms with Gasteiger partial charge in [-0.2, -0.15) is 0 Å². The minimum Gasteiger partial charge on any atom is -0.352 e. The Kier molecular flexibility index (Phi) is 8.29. The van der Waals surface area contributed by atoms with Crippen molar-refractivity contribution >= 4 is 30.7 Å². The fourth-order valence-corrected chi connectivity index (χ4v) is 2.96. The molecule has 2 rings (SSSR count). The van der Waals surface area contributed by atoms with E-state index in [9.17, 15) is 4.79 Å². The van der Waals surface area contributed by atoms with E-state index in [1.807, 2.05) is 13.8 Å². The first kappa shape index (κ1) is 19.0. The molecule has 2 aliphatic rings. The smallest absolute Gasteiger partial charge is 0.237 e. The predicted octanol–water partition coefficient (Wildman–Crippen LogP) is 1.56. The molecule has 3 atom stereocenters. The van der Waals surface area contributed by atoms with E-state index in [1.165, 1.54) is 19.4 Å². The highest BCUT2D eigenvalue weighted by molar-refractivity contribution is 5.85. The molecule has 0 bridgehead atoms. The summed E-state index contributed by atoms with van der Waals surface area (Å²) >= 11 is 0. The highest BCUT2D eigenvalue weighted by Crippen LogP contribution is 2.26. The van der Waals surface area contributed by atoms with Crippen LogP contribution in [0.5, 0.6) is 0 Å². The Morgan fingerprint density at radius 1 is 1.26 bits per heavy atom. The number of nitrogens with one attached hydrogen (secondary N) is 1. The second kappa shape index (κ2) is 8.30. The molecule has 4 nitrogen and oxygen atoms in total. The van der Waals surface area contributed by atoms with Crippen LogP contribution < -0.4 is 11.1 Å². The SMILES string of the molecule is CC(C)[C@H](N)C(=O)NC1CCN2CCCC2C1.Cl.Cl. The van der Waals surface area contributed by atoms with Gasteiger partial charge in [-0.15, -0.1) is 24.8 Å². The number of nitrogens with zero attached hydrogens (tertiary/aromatic N) is 1. The molecule has 0 aliphatic carbocycles. The Hall–Kier alpha value is -0.0300. The third-order valence-corrected chi connectivity index (χ3v) is 4.19. The second-order valence-electron chi connectivity index (χ2n) is 5.83. The summed E-state index contributed by atoms with van der Waals surface area (Å²) in [5.74, 6) is 0.234. The maximum absolute atomic E-state index is 11.9. The van der Waals surface area contributed by atoms with E-state index in [0.717, 1.165) is 19.4 Å². The van der Waals surface area contributed by atoms with E-state index in [2.05, 4.69) is 10.2 Å². The molecule has 0 aromatic carbocycles. The summed E-state index contributed by atoms with van der Waals surface area (Å²) in [5.41, 5.74) is 5.86. The normalized spacial score (nSPS) is 28.0. The van der Waals surface area contributed by atoms with E-state index >= 15 is 0 Å². The number of hydrogen-bond acceptors (Lipinski definition) is 3. The zero-order valence-corrected chi connectivity index (χ0v) is 13.4. The molecular weight excluding hydrogens is 285 g/mol. The van der Waals surface area contributed by atoms with Crippen molar-refractivity contribution in [2.45, 2.75) is 57.7 Å². The minimum absolute atomic E-state index is 0. The number of carbonyl (C=O) groups is 1. The molecule has 2 saturated heterocycles. The van der Waals surface area contributed by atoms with Crippen LogP contribution in [0.15, 0.2) is 0 Å². The van der Waals surface area contributed by atoms with Crippen LogP contribution in [-0.2, 0) is 4.79 Å². The van der Waals surface area contributed by atoms with Gasteiger partial charge < -0.3 is 16.0 Å². The molecule has 2 heterocycles. The highest BCUT2D eigenvalue weighted by atomic mass is 35.5. The Bertz CT molecular complexity index is 289. The van der Waals surface area contributed by atoms with Crippen LogP contribution in [0.2, 0.25) is 0 Å². The van der Waals surface area contributed by atoms with E-state index in [4.69, 9.17) is 5.73 Å². The lowest BCUT2D eigenvalue weighted by Crippen LogP contribution is -2.52. The summed E-state index contributed by atoms with van der Waals surface area (Å²) in [5, 5.41) is 3.12. The Morgan fingerprint density at radius 3 is 2.58 bits per heavy atom. The third kappa shape index (κ3) is 4.78. The zero-order valence-electron chi connectivity index (χ0n) is 11.8. The number of nitrogens with two attached hydrogens (primary N) is 1. The second-order valence-corrected chi connectivity index (χ2v) is 5.83. The number of halogens is 2. The molecule has 0 saturated carbocycles. The molecule has 3 N–H and O–H groups in total. The van der Waals surface area contributed by atoms with E-state index < -0.39 is 0 Å². The lowest BCUT2D eigenvalue weighted by Gasteiger charge is -2.35. The van der Waals surface area contributed by atoms with Crippen molar-refractivity contribution in [2.24, 2.45) is 11.7 Å².